The van der Waals surface area contributed by atoms with Crippen molar-refractivity contribution in [3.8, 4) is 0 Å². The topological polar surface area (TPSA) is 92.2 Å². The van der Waals surface area contributed by atoms with Crippen LogP contribution in [0.1, 0.15) is 23.5 Å². The number of carboxylic acids is 1. The van der Waals surface area contributed by atoms with Crippen LogP contribution in [0.5, 0.6) is 0 Å². The molecule has 1 fully saturated rings. The second-order valence-corrected chi connectivity index (χ2v) is 3.70. The summed E-state index contributed by atoms with van der Waals surface area (Å²) in [6.45, 7) is 0. The summed E-state index contributed by atoms with van der Waals surface area (Å²) in [4.78, 5) is 30.0. The second kappa shape index (κ2) is 4.26. The van der Waals surface area contributed by atoms with Gasteiger partial charge in [0.05, 0.1) is 0 Å². The largest absolute Gasteiger partial charge is 0.480 e. The third kappa shape index (κ3) is 2.33. The second-order valence-electron chi connectivity index (χ2n) is 3.70. The summed E-state index contributed by atoms with van der Waals surface area (Å²) in [5.74, 6) is -1.51. The first kappa shape index (κ1) is 10.5. The molecule has 1 aliphatic rings. The zero-order valence-corrected chi connectivity index (χ0v) is 8.46. The Kier molecular flexibility index (Phi) is 2.80. The molecule has 0 aromatic carbocycles. The van der Waals surface area contributed by atoms with Crippen molar-refractivity contribution in [2.24, 2.45) is 5.92 Å². The van der Waals surface area contributed by atoms with Gasteiger partial charge in [-0.2, -0.15) is 0 Å². The normalized spacial score (nSPS) is 16.5. The van der Waals surface area contributed by atoms with Crippen molar-refractivity contribution in [2.75, 3.05) is 0 Å². The van der Waals surface area contributed by atoms with Gasteiger partial charge in [-0.15, -0.1) is 0 Å². The minimum absolute atomic E-state index is 0.00519. The summed E-state index contributed by atoms with van der Waals surface area (Å²) in [7, 11) is 0. The lowest BCUT2D eigenvalue weighted by Crippen LogP contribution is -2.42. The zero-order chi connectivity index (χ0) is 11.5. The molecule has 0 radical (unpaired) electrons. The van der Waals surface area contributed by atoms with Crippen LogP contribution in [-0.4, -0.2) is 33.0 Å². The van der Waals surface area contributed by atoms with Crippen molar-refractivity contribution in [1.29, 1.82) is 0 Å². The summed E-state index contributed by atoms with van der Waals surface area (Å²) < 4.78 is 0. The maximum absolute atomic E-state index is 11.6. The number of nitrogens with zero attached hydrogens (tertiary/aromatic N) is 2. The molecule has 84 valence electrons. The Hall–Kier alpha value is -1.98. The number of aliphatic carboxylic acids is 1. The lowest BCUT2D eigenvalue weighted by Gasteiger charge is -2.12. The van der Waals surface area contributed by atoms with Gasteiger partial charge in [-0.25, -0.2) is 14.8 Å². The van der Waals surface area contributed by atoms with Gasteiger partial charge in [-0.3, -0.25) is 4.79 Å². The van der Waals surface area contributed by atoms with Crippen LogP contribution in [0.15, 0.2) is 18.5 Å². The Balaban J connectivity index is 2.03. The lowest BCUT2D eigenvalue weighted by atomic mass is 10.2. The number of aromatic nitrogens is 2. The smallest absolute Gasteiger partial charge is 0.326 e. The molecule has 1 aromatic rings. The molecule has 1 unspecified atom stereocenters. The van der Waals surface area contributed by atoms with Crippen LogP contribution in [0.4, 0.5) is 0 Å². The van der Waals surface area contributed by atoms with Crippen LogP contribution in [0, 0.1) is 5.92 Å². The Morgan fingerprint density at radius 3 is 2.50 bits per heavy atom. The molecule has 1 atom stereocenters. The van der Waals surface area contributed by atoms with E-state index in [0.717, 1.165) is 12.8 Å². The SMILES string of the molecule is O=C(NC(C(=O)O)C1CC1)c1ncccn1. The van der Waals surface area contributed by atoms with E-state index in [0.29, 0.717) is 0 Å². The van der Waals surface area contributed by atoms with Crippen LogP contribution in [0.3, 0.4) is 0 Å². The van der Waals surface area contributed by atoms with Crippen molar-refractivity contribution in [2.45, 2.75) is 18.9 Å². The van der Waals surface area contributed by atoms with Crippen LogP contribution in [0.25, 0.3) is 0 Å². The molecule has 1 amide bonds. The molecule has 2 N–H and O–H groups in total. The highest BCUT2D eigenvalue weighted by molar-refractivity contribution is 5.93. The molecule has 6 heteroatoms. The molecule has 1 heterocycles. The summed E-state index contributed by atoms with van der Waals surface area (Å²) >= 11 is 0. The van der Waals surface area contributed by atoms with Crippen molar-refractivity contribution in [3.63, 3.8) is 0 Å². The van der Waals surface area contributed by atoms with Gasteiger partial charge >= 0.3 is 5.97 Å². The fourth-order valence-corrected chi connectivity index (χ4v) is 1.43. The van der Waals surface area contributed by atoms with E-state index in [1.54, 1.807) is 6.07 Å². The monoisotopic (exact) mass is 221 g/mol. The number of hydrogen-bond donors (Lipinski definition) is 2. The number of carbonyl (C=O) groups excluding carboxylic acids is 1. The van der Waals surface area contributed by atoms with Crippen LogP contribution >= 0.6 is 0 Å². The van der Waals surface area contributed by atoms with Gasteiger partial charge in [-0.1, -0.05) is 0 Å². The van der Waals surface area contributed by atoms with E-state index in [1.165, 1.54) is 12.4 Å². The summed E-state index contributed by atoms with van der Waals surface area (Å²) in [6, 6.07) is 0.767. The first-order valence-electron chi connectivity index (χ1n) is 4.99. The van der Waals surface area contributed by atoms with E-state index < -0.39 is 17.9 Å². The molecule has 1 saturated carbocycles. The van der Waals surface area contributed by atoms with Gasteiger partial charge in [0.15, 0.2) is 0 Å². The van der Waals surface area contributed by atoms with Gasteiger partial charge in [0.1, 0.15) is 6.04 Å². The number of nitrogens with one attached hydrogen (secondary N) is 1. The number of rotatable bonds is 4. The maximum atomic E-state index is 11.6. The number of carboxylic acid groups (broad SMARTS) is 1. The maximum Gasteiger partial charge on any atom is 0.326 e. The van der Waals surface area contributed by atoms with E-state index >= 15 is 0 Å². The van der Waals surface area contributed by atoms with Crippen LogP contribution < -0.4 is 5.32 Å². The lowest BCUT2D eigenvalue weighted by molar-refractivity contribution is -0.139. The molecule has 0 aliphatic heterocycles. The van der Waals surface area contributed by atoms with E-state index in [4.69, 9.17) is 5.11 Å². The molecule has 6 nitrogen and oxygen atoms in total. The third-order valence-corrected chi connectivity index (χ3v) is 2.41. The van der Waals surface area contributed by atoms with E-state index in [2.05, 4.69) is 15.3 Å². The van der Waals surface area contributed by atoms with E-state index in [-0.39, 0.29) is 11.7 Å². The zero-order valence-electron chi connectivity index (χ0n) is 8.46. The summed E-state index contributed by atoms with van der Waals surface area (Å²) in [6.07, 6.45) is 4.56. The molecule has 0 saturated heterocycles. The average molecular weight is 221 g/mol. The highest BCUT2D eigenvalue weighted by Gasteiger charge is 2.37. The Labute approximate surface area is 91.7 Å². The highest BCUT2D eigenvalue weighted by Crippen LogP contribution is 2.32. The Bertz CT molecular complexity index is 403. The van der Waals surface area contributed by atoms with Crippen LogP contribution in [0.2, 0.25) is 0 Å². The van der Waals surface area contributed by atoms with Gasteiger partial charge in [0.2, 0.25) is 5.82 Å². The molecule has 0 bridgehead atoms. The van der Waals surface area contributed by atoms with Crippen molar-refractivity contribution in [3.05, 3.63) is 24.3 Å². The minimum Gasteiger partial charge on any atom is -0.480 e. The molecule has 16 heavy (non-hydrogen) atoms. The molecular formula is C10H11N3O3. The standard InChI is InChI=1S/C10H11N3O3/c14-9(8-11-4-1-5-12-8)13-7(10(15)16)6-2-3-6/h1,4-7H,2-3H2,(H,13,14)(H,15,16). The summed E-state index contributed by atoms with van der Waals surface area (Å²) in [5.41, 5.74) is 0. The molecule has 1 aliphatic carbocycles. The highest BCUT2D eigenvalue weighted by atomic mass is 16.4. The fourth-order valence-electron chi connectivity index (χ4n) is 1.43. The van der Waals surface area contributed by atoms with Gasteiger partial charge in [-0.05, 0) is 24.8 Å². The third-order valence-electron chi connectivity index (χ3n) is 2.41. The molecule has 0 spiro atoms. The van der Waals surface area contributed by atoms with Crippen molar-refractivity contribution >= 4 is 11.9 Å². The molecule has 1 aromatic heterocycles. The van der Waals surface area contributed by atoms with Crippen LogP contribution in [-0.2, 0) is 4.79 Å². The van der Waals surface area contributed by atoms with E-state index in [9.17, 15) is 9.59 Å². The number of carbonyl (C=O) groups is 2. The Morgan fingerprint density at radius 2 is 2.00 bits per heavy atom. The van der Waals surface area contributed by atoms with Gasteiger partial charge < -0.3 is 10.4 Å². The number of amides is 1. The first-order chi connectivity index (χ1) is 7.68. The van der Waals surface area contributed by atoms with E-state index in [1.807, 2.05) is 0 Å². The summed E-state index contributed by atoms with van der Waals surface area (Å²) in [5, 5.41) is 11.4. The molecule has 2 rings (SSSR count). The quantitative estimate of drug-likeness (QED) is 0.750. The molecular weight excluding hydrogens is 210 g/mol. The first-order valence-corrected chi connectivity index (χ1v) is 4.99. The van der Waals surface area contributed by atoms with Crippen molar-refractivity contribution in [1.82, 2.24) is 15.3 Å². The van der Waals surface area contributed by atoms with Crippen molar-refractivity contribution < 1.29 is 14.7 Å². The van der Waals surface area contributed by atoms with Gasteiger partial charge in [0.25, 0.3) is 5.91 Å². The predicted octanol–water partition coefficient (Wildman–Crippen LogP) is 0.0696. The minimum atomic E-state index is -1.01. The number of hydrogen-bond acceptors (Lipinski definition) is 4. The average Bonchev–Trinajstić information content (AvgIpc) is 3.10. The predicted molar refractivity (Wildman–Crippen MR) is 53.6 cm³/mol. The fraction of sp³-hybridized carbons (Fsp3) is 0.400. The van der Waals surface area contributed by atoms with Gasteiger partial charge in [0, 0.05) is 12.4 Å². The Morgan fingerprint density at radius 1 is 1.38 bits per heavy atom.